The SMILES string of the molecule is CS(C)(C)CCOC(=O)n1cccc1C(=O)O. The van der Waals surface area contributed by atoms with Crippen LogP contribution in [0.5, 0.6) is 0 Å². The number of carbonyl (C=O) groups excluding carboxylic acids is 1. The quantitative estimate of drug-likeness (QED) is 0.896. The number of ether oxygens (including phenoxy) is 1. The maximum atomic E-state index is 11.6. The smallest absolute Gasteiger partial charge is 0.418 e. The maximum Gasteiger partial charge on any atom is 0.418 e. The number of hydrogen-bond donors (Lipinski definition) is 1. The number of carbonyl (C=O) groups is 2. The van der Waals surface area contributed by atoms with E-state index >= 15 is 0 Å². The van der Waals surface area contributed by atoms with Crippen molar-refractivity contribution in [3.8, 4) is 0 Å². The van der Waals surface area contributed by atoms with Gasteiger partial charge < -0.3 is 9.84 Å². The second kappa shape index (κ2) is 5.27. The molecule has 1 aromatic heterocycles. The summed E-state index contributed by atoms with van der Waals surface area (Å²) in [6.07, 6.45) is 7.11. The summed E-state index contributed by atoms with van der Waals surface area (Å²) in [6.45, 7) is 0.314. The minimum absolute atomic E-state index is 0.0851. The van der Waals surface area contributed by atoms with Crippen LogP contribution in [-0.4, -0.2) is 52.9 Å². The molecule has 0 aliphatic heterocycles. The average molecular weight is 259 g/mol. The molecule has 0 atom stereocenters. The zero-order chi connectivity index (χ0) is 13.1. The summed E-state index contributed by atoms with van der Waals surface area (Å²) < 4.78 is 6.04. The Balaban J connectivity index is 2.59. The molecule has 0 aromatic carbocycles. The highest BCUT2D eigenvalue weighted by Gasteiger charge is 2.15. The van der Waals surface area contributed by atoms with E-state index in [0.717, 1.165) is 10.3 Å². The van der Waals surface area contributed by atoms with Gasteiger partial charge in [0.2, 0.25) is 0 Å². The molecule has 96 valence electrons. The largest absolute Gasteiger partial charge is 0.477 e. The lowest BCUT2D eigenvalue weighted by molar-refractivity contribution is 0.0681. The van der Waals surface area contributed by atoms with Crippen LogP contribution in [-0.2, 0) is 4.74 Å². The van der Waals surface area contributed by atoms with Crippen LogP contribution in [0.2, 0.25) is 0 Å². The Morgan fingerprint density at radius 3 is 2.59 bits per heavy atom. The van der Waals surface area contributed by atoms with Crippen LogP contribution in [0.25, 0.3) is 0 Å². The molecule has 0 aliphatic rings. The van der Waals surface area contributed by atoms with Gasteiger partial charge in [-0.15, -0.1) is 0 Å². The van der Waals surface area contributed by atoms with Gasteiger partial charge in [-0.25, -0.2) is 24.2 Å². The zero-order valence-electron chi connectivity index (χ0n) is 10.2. The molecule has 0 bridgehead atoms. The molecule has 1 N–H and O–H groups in total. The van der Waals surface area contributed by atoms with Crippen molar-refractivity contribution >= 4 is 22.1 Å². The lowest BCUT2D eigenvalue weighted by Gasteiger charge is -2.24. The molecule has 0 fully saturated rings. The van der Waals surface area contributed by atoms with E-state index in [-0.39, 0.29) is 5.69 Å². The van der Waals surface area contributed by atoms with Crippen molar-refractivity contribution in [2.24, 2.45) is 0 Å². The molecule has 0 saturated carbocycles. The van der Waals surface area contributed by atoms with E-state index in [0.29, 0.717) is 6.61 Å². The second-order valence-corrected chi connectivity index (χ2v) is 9.07. The minimum atomic E-state index is -1.15. The summed E-state index contributed by atoms with van der Waals surface area (Å²) in [6, 6.07) is 2.86. The highest BCUT2D eigenvalue weighted by molar-refractivity contribution is 8.32. The molecule has 17 heavy (non-hydrogen) atoms. The summed E-state index contributed by atoms with van der Waals surface area (Å²) >= 11 is 0. The van der Waals surface area contributed by atoms with Gasteiger partial charge >= 0.3 is 12.1 Å². The van der Waals surface area contributed by atoms with Crippen LogP contribution >= 0.6 is 10.0 Å². The van der Waals surface area contributed by atoms with Crippen molar-refractivity contribution in [1.29, 1.82) is 0 Å². The fourth-order valence-corrected chi connectivity index (χ4v) is 1.75. The predicted octanol–water partition coefficient (Wildman–Crippen LogP) is 1.86. The molecule has 1 heterocycles. The van der Waals surface area contributed by atoms with Crippen LogP contribution in [0.4, 0.5) is 4.79 Å². The summed E-state index contributed by atoms with van der Waals surface area (Å²) in [5, 5.41) is 8.83. The summed E-state index contributed by atoms with van der Waals surface area (Å²) in [5.41, 5.74) is -0.0851. The molecule has 0 unspecified atom stereocenters. The first-order valence-electron chi connectivity index (χ1n) is 5.05. The number of carboxylic acid groups (broad SMARTS) is 1. The van der Waals surface area contributed by atoms with E-state index < -0.39 is 22.1 Å². The fraction of sp³-hybridized carbons (Fsp3) is 0.455. The third-order valence-corrected chi connectivity index (χ3v) is 3.48. The van der Waals surface area contributed by atoms with Gasteiger partial charge in [-0.1, -0.05) is 0 Å². The van der Waals surface area contributed by atoms with Crippen molar-refractivity contribution < 1.29 is 19.4 Å². The number of rotatable bonds is 4. The molecule has 0 saturated heterocycles. The molecule has 5 nitrogen and oxygen atoms in total. The van der Waals surface area contributed by atoms with E-state index in [1.807, 2.05) is 0 Å². The monoisotopic (exact) mass is 259 g/mol. The number of aromatic carboxylic acids is 1. The molecular formula is C11H17NO4S. The van der Waals surface area contributed by atoms with Crippen molar-refractivity contribution in [2.75, 3.05) is 31.1 Å². The summed E-state index contributed by atoms with van der Waals surface area (Å²) in [5.74, 6) is -0.337. The number of nitrogens with zero attached hydrogens (tertiary/aromatic N) is 1. The van der Waals surface area contributed by atoms with Crippen LogP contribution < -0.4 is 0 Å². The van der Waals surface area contributed by atoms with E-state index in [1.165, 1.54) is 18.3 Å². The minimum Gasteiger partial charge on any atom is -0.477 e. The highest BCUT2D eigenvalue weighted by atomic mass is 32.3. The second-order valence-electron chi connectivity index (χ2n) is 4.48. The lowest BCUT2D eigenvalue weighted by atomic mass is 10.4. The summed E-state index contributed by atoms with van der Waals surface area (Å²) in [7, 11) is -0.718. The number of aromatic nitrogens is 1. The molecule has 0 aliphatic carbocycles. The van der Waals surface area contributed by atoms with E-state index in [2.05, 4.69) is 18.8 Å². The lowest BCUT2D eigenvalue weighted by Crippen LogP contribution is -2.20. The Hall–Kier alpha value is -1.43. The number of carboxylic acids is 1. The fourth-order valence-electron chi connectivity index (χ4n) is 1.16. The van der Waals surface area contributed by atoms with Gasteiger partial charge in [-0.2, -0.15) is 0 Å². The standard InChI is InChI=1S/C11H17NO4S/c1-17(2,3)8-7-16-11(15)12-6-4-5-9(12)10(13)14/h4-6H,7-8H2,1-3H3,(H,13,14). The Morgan fingerprint density at radius 1 is 1.41 bits per heavy atom. The average Bonchev–Trinajstić information content (AvgIpc) is 2.63. The van der Waals surface area contributed by atoms with Crippen LogP contribution in [0.1, 0.15) is 10.5 Å². The van der Waals surface area contributed by atoms with Crippen LogP contribution in [0.15, 0.2) is 18.3 Å². The molecule has 6 heteroatoms. The van der Waals surface area contributed by atoms with E-state index in [4.69, 9.17) is 9.84 Å². The van der Waals surface area contributed by atoms with Crippen LogP contribution in [0.3, 0.4) is 0 Å². The Labute approximate surface area is 102 Å². The van der Waals surface area contributed by atoms with Crippen molar-refractivity contribution in [3.05, 3.63) is 24.0 Å². The van der Waals surface area contributed by atoms with Gasteiger partial charge in [-0.3, -0.25) is 0 Å². The van der Waals surface area contributed by atoms with Gasteiger partial charge in [0, 0.05) is 11.9 Å². The topological polar surface area (TPSA) is 68.5 Å². The van der Waals surface area contributed by atoms with Gasteiger partial charge in [0.15, 0.2) is 0 Å². The first kappa shape index (κ1) is 13.6. The normalized spacial score (nSPS) is 12.2. The van der Waals surface area contributed by atoms with E-state index in [9.17, 15) is 9.59 Å². The van der Waals surface area contributed by atoms with Gasteiger partial charge in [0.25, 0.3) is 0 Å². The first-order chi connectivity index (χ1) is 7.81. The zero-order valence-corrected chi connectivity index (χ0v) is 11.0. The van der Waals surface area contributed by atoms with Crippen molar-refractivity contribution in [1.82, 2.24) is 4.57 Å². The predicted molar refractivity (Wildman–Crippen MR) is 68.4 cm³/mol. The van der Waals surface area contributed by atoms with Crippen molar-refractivity contribution in [2.45, 2.75) is 0 Å². The molecular weight excluding hydrogens is 242 g/mol. The molecule has 1 aromatic rings. The van der Waals surface area contributed by atoms with Gasteiger partial charge in [0.05, 0.1) is 0 Å². The van der Waals surface area contributed by atoms with Gasteiger partial charge in [-0.05, 0) is 30.9 Å². The Bertz CT molecular complexity index is 419. The molecule has 0 amide bonds. The molecule has 0 spiro atoms. The van der Waals surface area contributed by atoms with Crippen molar-refractivity contribution in [3.63, 3.8) is 0 Å². The Morgan fingerprint density at radius 2 is 2.06 bits per heavy atom. The number of hydrogen-bond acceptors (Lipinski definition) is 3. The maximum absolute atomic E-state index is 11.6. The molecule has 0 radical (unpaired) electrons. The molecule has 1 rings (SSSR count). The highest BCUT2D eigenvalue weighted by Crippen LogP contribution is 2.33. The van der Waals surface area contributed by atoms with E-state index in [1.54, 1.807) is 0 Å². The third-order valence-electron chi connectivity index (χ3n) is 2.09. The Kier molecular flexibility index (Phi) is 4.22. The first-order valence-corrected chi connectivity index (χ1v) is 8.08. The van der Waals surface area contributed by atoms with Gasteiger partial charge in [0.1, 0.15) is 12.3 Å². The third kappa shape index (κ3) is 4.14. The summed E-state index contributed by atoms with van der Waals surface area (Å²) in [4.78, 5) is 22.4. The van der Waals surface area contributed by atoms with Crippen LogP contribution in [0, 0.1) is 0 Å².